The third-order valence-electron chi connectivity index (χ3n) is 3.65. The topological polar surface area (TPSA) is 98.2 Å². The molecule has 2 rings (SSSR count). The van der Waals surface area contributed by atoms with Gasteiger partial charge in [0, 0.05) is 13.7 Å². The van der Waals surface area contributed by atoms with E-state index in [9.17, 15) is 14.0 Å². The van der Waals surface area contributed by atoms with Gasteiger partial charge in [-0.05, 0) is 41.5 Å². The highest BCUT2D eigenvalue weighted by atomic mass is 19.1. The van der Waals surface area contributed by atoms with E-state index < -0.39 is 11.8 Å². The summed E-state index contributed by atoms with van der Waals surface area (Å²) in [6, 6.07) is 11.1. The standard InChI is InChI=1S/C20H22FN3O5/c1-27-9-8-22-19(25)20(26)24-23-12-14-6-7-17(18(11-14)28-2)29-13-15-4-3-5-16(21)10-15/h3-7,10-12H,8-9,13H2,1-2H3,(H,22,25)(H,24,26)/b23-12-. The van der Waals surface area contributed by atoms with Gasteiger partial charge in [0.2, 0.25) is 0 Å². The van der Waals surface area contributed by atoms with Gasteiger partial charge in [-0.15, -0.1) is 0 Å². The zero-order chi connectivity index (χ0) is 21.1. The minimum absolute atomic E-state index is 0.176. The van der Waals surface area contributed by atoms with E-state index in [0.717, 1.165) is 0 Å². The summed E-state index contributed by atoms with van der Waals surface area (Å²) in [6.45, 7) is 0.701. The molecule has 0 saturated carbocycles. The van der Waals surface area contributed by atoms with E-state index in [0.29, 0.717) is 29.2 Å². The van der Waals surface area contributed by atoms with Crippen LogP contribution in [0.3, 0.4) is 0 Å². The molecule has 0 aromatic heterocycles. The first-order chi connectivity index (χ1) is 14.0. The number of carbonyl (C=O) groups is 2. The first kappa shape index (κ1) is 21.8. The molecule has 0 spiro atoms. The Morgan fingerprint density at radius 2 is 1.93 bits per heavy atom. The quantitative estimate of drug-likeness (QED) is 0.287. The fraction of sp³-hybridized carbons (Fsp3) is 0.250. The smallest absolute Gasteiger partial charge is 0.329 e. The molecule has 0 fully saturated rings. The van der Waals surface area contributed by atoms with Crippen molar-refractivity contribution in [3.05, 3.63) is 59.4 Å². The molecule has 2 aromatic carbocycles. The van der Waals surface area contributed by atoms with Crippen molar-refractivity contribution >= 4 is 18.0 Å². The molecule has 0 radical (unpaired) electrons. The highest BCUT2D eigenvalue weighted by Gasteiger charge is 2.11. The van der Waals surface area contributed by atoms with Gasteiger partial charge in [-0.1, -0.05) is 12.1 Å². The predicted molar refractivity (Wildman–Crippen MR) is 104 cm³/mol. The number of hydrogen-bond acceptors (Lipinski definition) is 6. The van der Waals surface area contributed by atoms with Crippen molar-refractivity contribution in [1.29, 1.82) is 0 Å². The van der Waals surface area contributed by atoms with Gasteiger partial charge in [-0.2, -0.15) is 5.10 Å². The lowest BCUT2D eigenvalue weighted by molar-refractivity contribution is -0.139. The lowest BCUT2D eigenvalue weighted by Crippen LogP contribution is -2.39. The number of rotatable bonds is 9. The zero-order valence-corrected chi connectivity index (χ0v) is 16.1. The van der Waals surface area contributed by atoms with Gasteiger partial charge in [0.05, 0.1) is 19.9 Å². The Kier molecular flexibility index (Phi) is 8.58. The maximum atomic E-state index is 13.2. The number of nitrogens with one attached hydrogen (secondary N) is 2. The van der Waals surface area contributed by atoms with Crippen molar-refractivity contribution in [3.8, 4) is 11.5 Å². The minimum Gasteiger partial charge on any atom is -0.493 e. The summed E-state index contributed by atoms with van der Waals surface area (Å²) in [5.41, 5.74) is 3.43. The Morgan fingerprint density at radius 3 is 2.66 bits per heavy atom. The number of hydrazone groups is 1. The van der Waals surface area contributed by atoms with Crippen molar-refractivity contribution in [2.24, 2.45) is 5.10 Å². The van der Waals surface area contributed by atoms with Crippen LogP contribution in [0.2, 0.25) is 0 Å². The molecule has 0 bridgehead atoms. The lowest BCUT2D eigenvalue weighted by Gasteiger charge is -2.11. The van der Waals surface area contributed by atoms with E-state index in [2.05, 4.69) is 15.8 Å². The number of hydrogen-bond donors (Lipinski definition) is 2. The molecule has 0 heterocycles. The molecule has 0 unspecified atom stereocenters. The van der Waals surface area contributed by atoms with Crippen LogP contribution in [0.5, 0.6) is 11.5 Å². The van der Waals surface area contributed by atoms with Gasteiger partial charge in [0.25, 0.3) is 0 Å². The lowest BCUT2D eigenvalue weighted by atomic mass is 10.2. The summed E-state index contributed by atoms with van der Waals surface area (Å²) in [5, 5.41) is 6.12. The maximum absolute atomic E-state index is 13.2. The Morgan fingerprint density at radius 1 is 1.10 bits per heavy atom. The molecular weight excluding hydrogens is 381 g/mol. The molecule has 0 atom stereocenters. The minimum atomic E-state index is -0.889. The normalized spacial score (nSPS) is 10.6. The summed E-state index contributed by atoms with van der Waals surface area (Å²) in [5.74, 6) is -1.12. The molecule has 154 valence electrons. The molecule has 0 aliphatic heterocycles. The Balaban J connectivity index is 1.92. The molecule has 0 aliphatic carbocycles. The number of ether oxygens (including phenoxy) is 3. The summed E-state index contributed by atoms with van der Waals surface area (Å²) in [4.78, 5) is 23.1. The Bertz CT molecular complexity index is 873. The summed E-state index contributed by atoms with van der Waals surface area (Å²) in [7, 11) is 2.97. The molecular formula is C20H22FN3O5. The first-order valence-corrected chi connectivity index (χ1v) is 8.69. The van der Waals surface area contributed by atoms with E-state index in [1.807, 2.05) is 0 Å². The average molecular weight is 403 g/mol. The summed E-state index contributed by atoms with van der Waals surface area (Å²) < 4.78 is 29.0. The van der Waals surface area contributed by atoms with Crippen LogP contribution in [0.15, 0.2) is 47.6 Å². The van der Waals surface area contributed by atoms with E-state index in [1.54, 1.807) is 30.3 Å². The molecule has 8 nitrogen and oxygen atoms in total. The third kappa shape index (κ3) is 7.23. The molecule has 9 heteroatoms. The van der Waals surface area contributed by atoms with Crippen LogP contribution >= 0.6 is 0 Å². The molecule has 0 saturated heterocycles. The number of methoxy groups -OCH3 is 2. The van der Waals surface area contributed by atoms with Crippen LogP contribution in [0.1, 0.15) is 11.1 Å². The van der Waals surface area contributed by atoms with Crippen LogP contribution in [0.25, 0.3) is 0 Å². The first-order valence-electron chi connectivity index (χ1n) is 8.69. The van der Waals surface area contributed by atoms with Crippen molar-refractivity contribution < 1.29 is 28.2 Å². The summed E-state index contributed by atoms with van der Waals surface area (Å²) in [6.07, 6.45) is 1.36. The number of nitrogens with zero attached hydrogens (tertiary/aromatic N) is 1. The van der Waals surface area contributed by atoms with E-state index in [1.165, 1.54) is 32.6 Å². The van der Waals surface area contributed by atoms with Crippen LogP contribution in [-0.2, 0) is 20.9 Å². The van der Waals surface area contributed by atoms with Gasteiger partial charge >= 0.3 is 11.8 Å². The fourth-order valence-corrected chi connectivity index (χ4v) is 2.23. The van der Waals surface area contributed by atoms with Gasteiger partial charge in [-0.3, -0.25) is 9.59 Å². The van der Waals surface area contributed by atoms with Crippen LogP contribution in [0, 0.1) is 5.82 Å². The van der Waals surface area contributed by atoms with Gasteiger partial charge in [0.15, 0.2) is 11.5 Å². The number of amides is 2. The molecule has 2 amide bonds. The van der Waals surface area contributed by atoms with Crippen molar-refractivity contribution in [2.45, 2.75) is 6.61 Å². The van der Waals surface area contributed by atoms with E-state index in [-0.39, 0.29) is 19.0 Å². The van der Waals surface area contributed by atoms with Crippen molar-refractivity contribution in [3.63, 3.8) is 0 Å². The van der Waals surface area contributed by atoms with E-state index in [4.69, 9.17) is 14.2 Å². The Labute approximate surface area is 167 Å². The van der Waals surface area contributed by atoms with Gasteiger partial charge in [-0.25, -0.2) is 9.82 Å². The monoisotopic (exact) mass is 403 g/mol. The van der Waals surface area contributed by atoms with Crippen LogP contribution < -0.4 is 20.2 Å². The Hall–Kier alpha value is -3.46. The van der Waals surface area contributed by atoms with Crippen molar-refractivity contribution in [1.82, 2.24) is 10.7 Å². The van der Waals surface area contributed by atoms with Crippen LogP contribution in [0.4, 0.5) is 4.39 Å². The van der Waals surface area contributed by atoms with Crippen LogP contribution in [-0.4, -0.2) is 45.4 Å². The molecule has 0 aliphatic rings. The average Bonchev–Trinajstić information content (AvgIpc) is 2.72. The van der Waals surface area contributed by atoms with E-state index >= 15 is 0 Å². The van der Waals surface area contributed by atoms with Gasteiger partial charge < -0.3 is 19.5 Å². The largest absolute Gasteiger partial charge is 0.493 e. The highest BCUT2D eigenvalue weighted by Crippen LogP contribution is 2.28. The second-order valence-corrected chi connectivity index (χ2v) is 5.78. The number of halogens is 1. The second-order valence-electron chi connectivity index (χ2n) is 5.78. The van der Waals surface area contributed by atoms with Gasteiger partial charge in [0.1, 0.15) is 12.4 Å². The number of benzene rings is 2. The third-order valence-corrected chi connectivity index (χ3v) is 3.65. The van der Waals surface area contributed by atoms with Crippen molar-refractivity contribution in [2.75, 3.05) is 27.4 Å². The molecule has 2 N–H and O–H groups in total. The summed E-state index contributed by atoms with van der Waals surface area (Å²) >= 11 is 0. The molecule has 29 heavy (non-hydrogen) atoms. The molecule has 2 aromatic rings. The SMILES string of the molecule is COCCNC(=O)C(=O)N/N=C\c1ccc(OCc2cccc(F)c2)c(OC)c1. The second kappa shape index (κ2) is 11.4. The maximum Gasteiger partial charge on any atom is 0.329 e. The fourth-order valence-electron chi connectivity index (χ4n) is 2.23. The zero-order valence-electron chi connectivity index (χ0n) is 16.1. The number of carbonyl (C=O) groups excluding carboxylic acids is 2. The predicted octanol–water partition coefficient (Wildman–Crippen LogP) is 1.63. The highest BCUT2D eigenvalue weighted by molar-refractivity contribution is 6.35.